The van der Waals surface area contributed by atoms with Crippen LogP contribution in [-0.4, -0.2) is 13.5 Å². The van der Waals surface area contributed by atoms with Gasteiger partial charge in [-0.15, -0.1) is 3.89 Å². The fraction of sp³-hybridized carbons (Fsp3) is 0.143. The molecule has 0 aromatic carbocycles. The maximum atomic E-state index is 12.5. The summed E-state index contributed by atoms with van der Waals surface area (Å²) in [6, 6.07) is 0. The van der Waals surface area contributed by atoms with Gasteiger partial charge in [-0.2, -0.15) is 4.98 Å². The lowest BCUT2D eigenvalue weighted by molar-refractivity contribution is 0.841. The molecule has 15 heavy (non-hydrogen) atoms. The molecule has 0 radical (unpaired) electrons. The second kappa shape index (κ2) is 3.80. The highest BCUT2D eigenvalue weighted by atomic mass is 79.9. The Morgan fingerprint density at radius 3 is 2.93 bits per heavy atom. The first kappa shape index (κ1) is 11.0. The molecule has 2 heterocycles. The molecule has 0 saturated carbocycles. The van der Waals surface area contributed by atoms with Gasteiger partial charge in [-0.3, -0.25) is 9.36 Å². The average Bonchev–Trinajstić information content (AvgIpc) is 2.51. The van der Waals surface area contributed by atoms with E-state index in [2.05, 4.69) is 20.9 Å². The first-order chi connectivity index (χ1) is 7.06. The Morgan fingerprint density at radius 1 is 1.67 bits per heavy atom. The minimum absolute atomic E-state index is 0.0217. The molecule has 2 aromatic heterocycles. The number of aromatic nitrogens is 3. The third-order valence-corrected chi connectivity index (χ3v) is 3.34. The molecule has 0 amide bonds. The molecule has 0 unspecified atom stereocenters. The molecule has 0 N–H and O–H groups in total. The summed E-state index contributed by atoms with van der Waals surface area (Å²) < 4.78 is 15.3. The van der Waals surface area contributed by atoms with Gasteiger partial charge >= 0.3 is 0 Å². The van der Waals surface area contributed by atoms with Gasteiger partial charge in [-0.05, 0) is 27.5 Å². The molecule has 0 fully saturated rings. The zero-order chi connectivity index (χ0) is 11.2. The lowest BCUT2D eigenvalue weighted by Crippen LogP contribution is -2.18. The standard InChI is InChI=1S/C7H4BrClFN3OS/c1-12-6(14)4-3(8)2-13(15-10)5(4)11-7(12)9/h2H,1H3. The minimum Gasteiger partial charge on any atom is -0.286 e. The van der Waals surface area contributed by atoms with Crippen molar-refractivity contribution in [2.75, 3.05) is 0 Å². The first-order valence-electron chi connectivity index (χ1n) is 3.78. The van der Waals surface area contributed by atoms with Crippen molar-refractivity contribution in [3.63, 3.8) is 0 Å². The van der Waals surface area contributed by atoms with Crippen molar-refractivity contribution in [1.29, 1.82) is 0 Å². The van der Waals surface area contributed by atoms with Crippen LogP contribution in [0.4, 0.5) is 3.89 Å². The number of fused-ring (bicyclic) bond motifs is 1. The van der Waals surface area contributed by atoms with E-state index >= 15 is 0 Å². The summed E-state index contributed by atoms with van der Waals surface area (Å²) in [5.41, 5.74) is -0.104. The fourth-order valence-corrected chi connectivity index (χ4v) is 2.40. The van der Waals surface area contributed by atoms with Crippen LogP contribution in [0.25, 0.3) is 11.0 Å². The van der Waals surface area contributed by atoms with Crippen LogP contribution in [0.15, 0.2) is 15.5 Å². The van der Waals surface area contributed by atoms with Crippen molar-refractivity contribution < 1.29 is 3.89 Å². The number of halogens is 3. The molecule has 0 atom stereocenters. The van der Waals surface area contributed by atoms with E-state index in [4.69, 9.17) is 11.6 Å². The summed E-state index contributed by atoms with van der Waals surface area (Å²) >= 11 is 8.85. The van der Waals surface area contributed by atoms with Crippen LogP contribution in [0, 0.1) is 0 Å². The fourth-order valence-electron chi connectivity index (χ4n) is 1.22. The van der Waals surface area contributed by atoms with Gasteiger partial charge in [0, 0.05) is 13.2 Å². The lowest BCUT2D eigenvalue weighted by Gasteiger charge is -2.01. The van der Waals surface area contributed by atoms with Crippen LogP contribution in [0.1, 0.15) is 0 Å². The molecule has 0 bridgehead atoms. The van der Waals surface area contributed by atoms with E-state index in [-0.39, 0.29) is 28.8 Å². The van der Waals surface area contributed by atoms with Gasteiger partial charge in [-0.25, -0.2) is 3.97 Å². The first-order valence-corrected chi connectivity index (χ1v) is 5.63. The Labute approximate surface area is 102 Å². The van der Waals surface area contributed by atoms with Gasteiger partial charge in [0.1, 0.15) is 0 Å². The Balaban J connectivity index is 3.01. The van der Waals surface area contributed by atoms with E-state index in [1.54, 1.807) is 0 Å². The van der Waals surface area contributed by atoms with Crippen molar-refractivity contribution in [2.45, 2.75) is 0 Å². The quantitative estimate of drug-likeness (QED) is 0.760. The number of nitrogens with zero attached hydrogens (tertiary/aromatic N) is 3. The molecule has 4 nitrogen and oxygen atoms in total. The van der Waals surface area contributed by atoms with Gasteiger partial charge in [0.25, 0.3) is 5.56 Å². The van der Waals surface area contributed by atoms with Crippen LogP contribution in [0.3, 0.4) is 0 Å². The molecule has 0 aliphatic carbocycles. The summed E-state index contributed by atoms with van der Waals surface area (Å²) in [5, 5.41) is 0.334. The van der Waals surface area contributed by atoms with Crippen molar-refractivity contribution in [1.82, 2.24) is 13.5 Å². The SMILES string of the molecule is Cn1c(Cl)nc2c(c(Br)cn2SF)c1=O. The van der Waals surface area contributed by atoms with Gasteiger partial charge in [0.15, 0.2) is 18.0 Å². The lowest BCUT2D eigenvalue weighted by atomic mass is 10.4. The highest BCUT2D eigenvalue weighted by Gasteiger charge is 2.15. The number of hydrogen-bond donors (Lipinski definition) is 0. The average molecular weight is 313 g/mol. The van der Waals surface area contributed by atoms with E-state index in [0.29, 0.717) is 9.86 Å². The van der Waals surface area contributed by atoms with Crippen molar-refractivity contribution in [2.24, 2.45) is 7.05 Å². The van der Waals surface area contributed by atoms with Crippen molar-refractivity contribution in [3.8, 4) is 0 Å². The normalized spacial score (nSPS) is 11.2. The Morgan fingerprint density at radius 2 is 2.33 bits per heavy atom. The molecule has 0 aliphatic heterocycles. The maximum Gasteiger partial charge on any atom is 0.264 e. The molecule has 8 heteroatoms. The summed E-state index contributed by atoms with van der Waals surface area (Å²) in [4.78, 5) is 15.7. The summed E-state index contributed by atoms with van der Waals surface area (Å²) in [5.74, 6) is 0. The summed E-state index contributed by atoms with van der Waals surface area (Å²) in [6.07, 6.45) is 1.43. The van der Waals surface area contributed by atoms with Crippen molar-refractivity contribution in [3.05, 3.63) is 26.3 Å². The number of rotatable bonds is 1. The molecule has 0 aliphatic rings. The van der Waals surface area contributed by atoms with Crippen LogP contribution >= 0.6 is 39.9 Å². The number of hydrogen-bond acceptors (Lipinski definition) is 3. The predicted molar refractivity (Wildman–Crippen MR) is 61.8 cm³/mol. The van der Waals surface area contributed by atoms with Crippen LogP contribution in [0.5, 0.6) is 0 Å². The molecule has 0 saturated heterocycles. The van der Waals surface area contributed by atoms with E-state index in [1.807, 2.05) is 0 Å². The third-order valence-electron chi connectivity index (χ3n) is 1.97. The Hall–Kier alpha value is -0.530. The molecule has 80 valence electrons. The summed E-state index contributed by atoms with van der Waals surface area (Å²) in [7, 11) is 1.50. The van der Waals surface area contributed by atoms with Crippen LogP contribution in [-0.2, 0) is 7.05 Å². The van der Waals surface area contributed by atoms with Gasteiger partial charge in [-0.1, -0.05) is 0 Å². The van der Waals surface area contributed by atoms with Crippen LogP contribution in [0.2, 0.25) is 5.28 Å². The second-order valence-corrected chi connectivity index (χ2v) is 4.54. The Bertz CT molecular complexity index is 596. The van der Waals surface area contributed by atoms with E-state index in [1.165, 1.54) is 17.8 Å². The highest BCUT2D eigenvalue weighted by Crippen LogP contribution is 2.26. The topological polar surface area (TPSA) is 39.8 Å². The van der Waals surface area contributed by atoms with E-state index in [9.17, 15) is 8.68 Å². The van der Waals surface area contributed by atoms with Gasteiger partial charge in [0.2, 0.25) is 5.28 Å². The molecule has 0 spiro atoms. The molecule has 2 aromatic rings. The van der Waals surface area contributed by atoms with Gasteiger partial charge in [0.05, 0.1) is 9.86 Å². The van der Waals surface area contributed by atoms with E-state index < -0.39 is 0 Å². The highest BCUT2D eigenvalue weighted by molar-refractivity contribution is 9.10. The van der Waals surface area contributed by atoms with E-state index in [0.717, 1.165) is 3.97 Å². The van der Waals surface area contributed by atoms with Gasteiger partial charge < -0.3 is 0 Å². The van der Waals surface area contributed by atoms with Crippen LogP contribution < -0.4 is 5.56 Å². The predicted octanol–water partition coefficient (Wildman–Crippen LogP) is 2.53. The Kier molecular flexibility index (Phi) is 2.78. The smallest absolute Gasteiger partial charge is 0.264 e. The molecule has 2 rings (SSSR count). The maximum absolute atomic E-state index is 12.5. The largest absolute Gasteiger partial charge is 0.286 e. The monoisotopic (exact) mass is 311 g/mol. The summed E-state index contributed by atoms with van der Waals surface area (Å²) in [6.45, 7) is 0. The third kappa shape index (κ3) is 1.58. The molecular weight excluding hydrogens is 309 g/mol. The zero-order valence-corrected chi connectivity index (χ0v) is 10.5. The minimum atomic E-state index is -0.315. The second-order valence-electron chi connectivity index (χ2n) is 2.82. The zero-order valence-electron chi connectivity index (χ0n) is 7.37. The molecular formula is C7H4BrClFN3OS. The van der Waals surface area contributed by atoms with Crippen molar-refractivity contribution >= 4 is 50.9 Å².